The van der Waals surface area contributed by atoms with E-state index in [0.29, 0.717) is 24.2 Å². The smallest absolute Gasteiger partial charge is 0.337 e. The van der Waals surface area contributed by atoms with Gasteiger partial charge in [0, 0.05) is 28.8 Å². The molecule has 5 rings (SSSR count). The Morgan fingerprint density at radius 2 is 1.85 bits per heavy atom. The topological polar surface area (TPSA) is 74.4 Å². The van der Waals surface area contributed by atoms with E-state index in [1.54, 1.807) is 41.3 Å². The Balaban J connectivity index is 1.52. The number of hydrogen-bond acceptors (Lipinski definition) is 3. The number of rotatable bonds is 3. The molecule has 0 unspecified atom stereocenters. The van der Waals surface area contributed by atoms with Crippen LogP contribution in [0.5, 0.6) is 0 Å². The number of amides is 2. The summed E-state index contributed by atoms with van der Waals surface area (Å²) in [7, 11) is 1.31. The Bertz CT molecular complexity index is 1350. The van der Waals surface area contributed by atoms with Gasteiger partial charge in [-0.25, -0.2) is 14.0 Å². The van der Waals surface area contributed by atoms with Crippen LogP contribution < -0.4 is 5.32 Å². The summed E-state index contributed by atoms with van der Waals surface area (Å²) in [4.78, 5) is 30.5. The number of nitrogens with zero attached hydrogens (tertiary/aromatic N) is 1. The van der Waals surface area contributed by atoms with Crippen LogP contribution >= 0.6 is 0 Å². The zero-order valence-electron chi connectivity index (χ0n) is 18.0. The second-order valence-corrected chi connectivity index (χ2v) is 7.96. The van der Waals surface area contributed by atoms with E-state index in [9.17, 15) is 14.0 Å². The van der Waals surface area contributed by atoms with Gasteiger partial charge in [0.25, 0.3) is 0 Å². The minimum Gasteiger partial charge on any atom is -0.465 e. The molecule has 0 saturated carbocycles. The van der Waals surface area contributed by atoms with Gasteiger partial charge in [-0.05, 0) is 53.9 Å². The zero-order valence-corrected chi connectivity index (χ0v) is 18.0. The Hall–Kier alpha value is -4.13. The van der Waals surface area contributed by atoms with Gasteiger partial charge in [-0.1, -0.05) is 36.4 Å². The fraction of sp³-hybridized carbons (Fsp3) is 0.154. The van der Waals surface area contributed by atoms with Crippen molar-refractivity contribution in [2.45, 2.75) is 12.5 Å². The molecule has 0 bridgehead atoms. The lowest BCUT2D eigenvalue weighted by atomic mass is 9.92. The van der Waals surface area contributed by atoms with Gasteiger partial charge >= 0.3 is 12.0 Å². The van der Waals surface area contributed by atoms with Crippen LogP contribution in [0.25, 0.3) is 10.9 Å². The molecule has 2 heterocycles. The molecule has 0 radical (unpaired) electrons. The van der Waals surface area contributed by atoms with Crippen molar-refractivity contribution in [3.05, 3.63) is 101 Å². The molecule has 0 aliphatic carbocycles. The first-order valence-corrected chi connectivity index (χ1v) is 10.7. The standard InChI is InChI=1S/C26H22FN3O3/c1-33-25(31)17-5-4-6-19(15-17)28-26(32)30-14-13-21-20-7-2-3-8-22(20)29-23(21)24(30)16-9-11-18(27)12-10-16/h2-12,15,24,29H,13-14H2,1H3,(H,28,32)/t24-/m1/s1. The Labute approximate surface area is 190 Å². The van der Waals surface area contributed by atoms with Gasteiger partial charge < -0.3 is 19.9 Å². The molecule has 2 amide bonds. The zero-order chi connectivity index (χ0) is 22.9. The van der Waals surface area contributed by atoms with E-state index in [2.05, 4.69) is 16.4 Å². The van der Waals surface area contributed by atoms with Crippen LogP contribution in [-0.2, 0) is 11.2 Å². The van der Waals surface area contributed by atoms with E-state index < -0.39 is 12.0 Å². The number of nitrogens with one attached hydrogen (secondary N) is 2. The molecule has 2 N–H and O–H groups in total. The van der Waals surface area contributed by atoms with Gasteiger partial charge in [0.05, 0.1) is 18.7 Å². The highest BCUT2D eigenvalue weighted by molar-refractivity contribution is 5.94. The van der Waals surface area contributed by atoms with Gasteiger partial charge in [-0.3, -0.25) is 0 Å². The maximum absolute atomic E-state index is 13.7. The van der Waals surface area contributed by atoms with Gasteiger partial charge in [-0.15, -0.1) is 0 Å². The summed E-state index contributed by atoms with van der Waals surface area (Å²) in [5.41, 5.74) is 4.74. The summed E-state index contributed by atoms with van der Waals surface area (Å²) in [6, 6.07) is 20.2. The Kier molecular flexibility index (Phi) is 5.30. The molecule has 4 aromatic rings. The van der Waals surface area contributed by atoms with E-state index in [0.717, 1.165) is 27.7 Å². The Morgan fingerprint density at radius 3 is 2.64 bits per heavy atom. The fourth-order valence-corrected chi connectivity index (χ4v) is 4.49. The van der Waals surface area contributed by atoms with E-state index in [1.165, 1.54) is 19.2 Å². The first-order valence-electron chi connectivity index (χ1n) is 10.7. The highest BCUT2D eigenvalue weighted by Crippen LogP contribution is 2.38. The first-order chi connectivity index (χ1) is 16.0. The van der Waals surface area contributed by atoms with Crippen molar-refractivity contribution < 1.29 is 18.7 Å². The number of urea groups is 1. The molecule has 0 saturated heterocycles. The van der Waals surface area contributed by atoms with Crippen molar-refractivity contribution in [1.29, 1.82) is 0 Å². The van der Waals surface area contributed by atoms with Crippen LogP contribution in [0.3, 0.4) is 0 Å². The number of methoxy groups -OCH3 is 1. The number of fused-ring (bicyclic) bond motifs is 3. The quantitative estimate of drug-likeness (QED) is 0.424. The molecule has 1 aromatic heterocycles. The molecule has 33 heavy (non-hydrogen) atoms. The summed E-state index contributed by atoms with van der Waals surface area (Å²) >= 11 is 0. The summed E-state index contributed by atoms with van der Waals surface area (Å²) in [6.07, 6.45) is 0.687. The highest BCUT2D eigenvalue weighted by Gasteiger charge is 2.34. The first kappa shape index (κ1) is 20.8. The maximum Gasteiger partial charge on any atom is 0.337 e. The van der Waals surface area contributed by atoms with Gasteiger partial charge in [0.15, 0.2) is 0 Å². The molecular formula is C26H22FN3O3. The van der Waals surface area contributed by atoms with Crippen molar-refractivity contribution in [1.82, 2.24) is 9.88 Å². The van der Waals surface area contributed by atoms with Crippen molar-refractivity contribution in [2.24, 2.45) is 0 Å². The minimum absolute atomic E-state index is 0.310. The molecule has 7 heteroatoms. The van der Waals surface area contributed by atoms with Crippen molar-refractivity contribution in [3.8, 4) is 0 Å². The molecule has 1 aliphatic rings. The number of H-pyrrole nitrogens is 1. The average Bonchev–Trinajstić information content (AvgIpc) is 3.22. The van der Waals surface area contributed by atoms with Crippen LogP contribution in [0.1, 0.15) is 33.2 Å². The number of ether oxygens (including phenoxy) is 1. The number of carbonyl (C=O) groups excluding carboxylic acids is 2. The minimum atomic E-state index is -0.476. The summed E-state index contributed by atoms with van der Waals surface area (Å²) in [5.74, 6) is -0.807. The molecule has 3 aromatic carbocycles. The second-order valence-electron chi connectivity index (χ2n) is 7.96. The summed E-state index contributed by atoms with van der Waals surface area (Å²) in [6.45, 7) is 0.486. The van der Waals surface area contributed by atoms with Crippen LogP contribution in [0.2, 0.25) is 0 Å². The third-order valence-electron chi connectivity index (χ3n) is 6.02. The highest BCUT2D eigenvalue weighted by atomic mass is 19.1. The number of esters is 1. The Morgan fingerprint density at radius 1 is 1.06 bits per heavy atom. The summed E-state index contributed by atoms with van der Waals surface area (Å²) < 4.78 is 18.4. The third kappa shape index (κ3) is 3.82. The number of halogens is 1. The molecule has 0 fully saturated rings. The van der Waals surface area contributed by atoms with Crippen molar-refractivity contribution in [3.63, 3.8) is 0 Å². The maximum atomic E-state index is 13.7. The fourth-order valence-electron chi connectivity index (χ4n) is 4.49. The predicted octanol–water partition coefficient (Wildman–Crippen LogP) is 5.27. The number of hydrogen-bond donors (Lipinski definition) is 2. The van der Waals surface area contributed by atoms with Gasteiger partial charge in [0.2, 0.25) is 0 Å². The molecule has 0 spiro atoms. The molecule has 1 atom stereocenters. The monoisotopic (exact) mass is 443 g/mol. The van der Waals surface area contributed by atoms with E-state index in [-0.39, 0.29) is 11.8 Å². The van der Waals surface area contributed by atoms with Crippen LogP contribution in [0, 0.1) is 5.82 Å². The van der Waals surface area contributed by atoms with Crippen LogP contribution in [0.15, 0.2) is 72.8 Å². The van der Waals surface area contributed by atoms with E-state index in [1.807, 2.05) is 18.2 Å². The largest absolute Gasteiger partial charge is 0.465 e. The molecule has 6 nitrogen and oxygen atoms in total. The van der Waals surface area contributed by atoms with Crippen LogP contribution in [-0.4, -0.2) is 35.5 Å². The number of carbonyl (C=O) groups is 2. The number of aromatic nitrogens is 1. The number of benzene rings is 3. The SMILES string of the molecule is COC(=O)c1cccc(NC(=O)N2CCc3c([nH]c4ccccc34)[C@H]2c2ccc(F)cc2)c1. The number of para-hydroxylation sites is 1. The second kappa shape index (κ2) is 8.43. The van der Waals surface area contributed by atoms with E-state index >= 15 is 0 Å². The predicted molar refractivity (Wildman–Crippen MR) is 124 cm³/mol. The normalized spacial score (nSPS) is 15.2. The third-order valence-corrected chi connectivity index (χ3v) is 6.02. The lowest BCUT2D eigenvalue weighted by Crippen LogP contribution is -2.43. The number of anilines is 1. The lowest BCUT2D eigenvalue weighted by molar-refractivity contribution is 0.0600. The molecule has 166 valence electrons. The van der Waals surface area contributed by atoms with Gasteiger partial charge in [-0.2, -0.15) is 0 Å². The number of aromatic amines is 1. The van der Waals surface area contributed by atoms with Gasteiger partial charge in [0.1, 0.15) is 5.82 Å². The average molecular weight is 443 g/mol. The molecular weight excluding hydrogens is 421 g/mol. The lowest BCUT2D eigenvalue weighted by Gasteiger charge is -2.36. The molecule has 1 aliphatic heterocycles. The van der Waals surface area contributed by atoms with Crippen molar-refractivity contribution >= 4 is 28.6 Å². The van der Waals surface area contributed by atoms with Crippen molar-refractivity contribution in [2.75, 3.05) is 19.0 Å². The summed E-state index contributed by atoms with van der Waals surface area (Å²) in [5, 5.41) is 4.03. The van der Waals surface area contributed by atoms with E-state index in [4.69, 9.17) is 4.74 Å². The van der Waals surface area contributed by atoms with Crippen LogP contribution in [0.4, 0.5) is 14.9 Å².